The average molecular weight is 358 g/mol. The minimum Gasteiger partial charge on any atom is -0.338 e. The summed E-state index contributed by atoms with van der Waals surface area (Å²) in [7, 11) is 0. The summed E-state index contributed by atoms with van der Waals surface area (Å²) in [4.78, 5) is 24.6. The van der Waals surface area contributed by atoms with E-state index in [1.54, 1.807) is 4.90 Å². The van der Waals surface area contributed by atoms with E-state index >= 15 is 0 Å². The summed E-state index contributed by atoms with van der Waals surface area (Å²) in [6.45, 7) is 3.23. The van der Waals surface area contributed by atoms with Gasteiger partial charge in [0.25, 0.3) is 11.6 Å². The van der Waals surface area contributed by atoms with Gasteiger partial charge in [0.05, 0.1) is 11.0 Å². The Balaban J connectivity index is 0.00000208. The Hall–Kier alpha value is -1.73. The molecule has 0 aromatic heterocycles. The highest BCUT2D eigenvalue weighted by Gasteiger charge is 2.37. The molecular weight excluding hydrogens is 337 g/mol. The molecule has 2 aliphatic heterocycles. The summed E-state index contributed by atoms with van der Waals surface area (Å²) in [5.41, 5.74) is -0.189. The zero-order valence-electron chi connectivity index (χ0n) is 13.3. The molecule has 2 aliphatic rings. The van der Waals surface area contributed by atoms with Crippen LogP contribution in [0.3, 0.4) is 0 Å². The van der Waals surface area contributed by atoms with Crippen LogP contribution in [-0.2, 0) is 0 Å². The molecule has 8 heteroatoms. The number of benzene rings is 1. The molecule has 1 amide bonds. The Morgan fingerprint density at radius 2 is 1.83 bits per heavy atom. The van der Waals surface area contributed by atoms with Crippen LogP contribution in [0.2, 0.25) is 0 Å². The lowest BCUT2D eigenvalue weighted by atomic mass is 9.71. The first-order chi connectivity index (χ1) is 11.0. The molecule has 0 bridgehead atoms. The zero-order chi connectivity index (χ0) is 16.4. The van der Waals surface area contributed by atoms with Crippen molar-refractivity contribution in [1.29, 1.82) is 0 Å². The summed E-state index contributed by atoms with van der Waals surface area (Å²) < 4.78 is 13.2. The lowest BCUT2D eigenvalue weighted by Gasteiger charge is -2.44. The van der Waals surface area contributed by atoms with Crippen LogP contribution in [-0.4, -0.2) is 41.9 Å². The van der Waals surface area contributed by atoms with Crippen LogP contribution in [0.25, 0.3) is 0 Å². The number of nitro benzene ring substituents is 1. The second kappa shape index (κ2) is 7.44. The van der Waals surface area contributed by atoms with Gasteiger partial charge in [-0.2, -0.15) is 0 Å². The molecule has 0 radical (unpaired) electrons. The fourth-order valence-electron chi connectivity index (χ4n) is 3.65. The minimum atomic E-state index is -0.708. The third kappa shape index (κ3) is 3.67. The number of hydrogen-bond acceptors (Lipinski definition) is 4. The van der Waals surface area contributed by atoms with Gasteiger partial charge in [0.1, 0.15) is 11.4 Å². The second-order valence-corrected chi connectivity index (χ2v) is 6.46. The van der Waals surface area contributed by atoms with Crippen molar-refractivity contribution >= 4 is 24.0 Å². The van der Waals surface area contributed by atoms with Crippen molar-refractivity contribution in [2.45, 2.75) is 25.7 Å². The van der Waals surface area contributed by atoms with E-state index < -0.39 is 16.4 Å². The summed E-state index contributed by atoms with van der Waals surface area (Å²) in [6.07, 6.45) is 4.09. The van der Waals surface area contributed by atoms with E-state index in [1.165, 1.54) is 6.07 Å². The maximum absolute atomic E-state index is 13.2. The molecule has 0 aliphatic carbocycles. The first kappa shape index (κ1) is 18.6. The van der Waals surface area contributed by atoms with Gasteiger partial charge in [-0.1, -0.05) is 0 Å². The molecule has 1 aromatic carbocycles. The first-order valence-electron chi connectivity index (χ1n) is 7.95. The minimum absolute atomic E-state index is 0. The highest BCUT2D eigenvalue weighted by molar-refractivity contribution is 5.98. The zero-order valence-corrected chi connectivity index (χ0v) is 14.1. The van der Waals surface area contributed by atoms with Gasteiger partial charge in [0, 0.05) is 13.1 Å². The molecule has 0 unspecified atom stereocenters. The Kier molecular flexibility index (Phi) is 5.77. The molecule has 1 spiro atoms. The summed E-state index contributed by atoms with van der Waals surface area (Å²) in [6, 6.07) is 3.12. The Morgan fingerprint density at radius 1 is 1.21 bits per heavy atom. The molecule has 0 atom stereocenters. The van der Waals surface area contributed by atoms with Crippen molar-refractivity contribution in [2.75, 3.05) is 26.2 Å². The maximum atomic E-state index is 13.2. The number of likely N-dealkylation sites (tertiary alicyclic amines) is 1. The van der Waals surface area contributed by atoms with Crippen LogP contribution in [0.4, 0.5) is 10.1 Å². The predicted octanol–water partition coefficient (Wildman–Crippen LogP) is 2.76. The van der Waals surface area contributed by atoms with Crippen molar-refractivity contribution in [3.63, 3.8) is 0 Å². The Bertz CT molecular complexity index is 625. The monoisotopic (exact) mass is 357 g/mol. The van der Waals surface area contributed by atoms with Gasteiger partial charge in [-0.05, 0) is 56.3 Å². The van der Waals surface area contributed by atoms with Crippen molar-refractivity contribution in [1.82, 2.24) is 10.2 Å². The fourth-order valence-corrected chi connectivity index (χ4v) is 3.65. The largest absolute Gasteiger partial charge is 0.338 e. The van der Waals surface area contributed by atoms with Crippen LogP contribution in [0.1, 0.15) is 36.0 Å². The number of nitrogens with one attached hydrogen (secondary N) is 1. The van der Waals surface area contributed by atoms with Gasteiger partial charge in [0.15, 0.2) is 0 Å². The molecule has 2 fully saturated rings. The second-order valence-electron chi connectivity index (χ2n) is 6.46. The summed E-state index contributed by atoms with van der Waals surface area (Å²) in [5, 5.41) is 14.4. The standard InChI is InChI=1S/C16H20FN3O3.ClH/c17-12-1-2-13(14(11-12)20(22)23)15(21)19-9-5-16(6-10-19)3-7-18-8-4-16;/h1-2,11,18H,3-10H2;1H. The smallest absolute Gasteiger partial charge is 0.285 e. The molecule has 2 saturated heterocycles. The topological polar surface area (TPSA) is 75.5 Å². The van der Waals surface area contributed by atoms with Crippen LogP contribution < -0.4 is 5.32 Å². The molecule has 6 nitrogen and oxygen atoms in total. The number of halogens is 2. The molecule has 1 N–H and O–H groups in total. The quantitative estimate of drug-likeness (QED) is 0.652. The molecule has 0 saturated carbocycles. The number of rotatable bonds is 2. The first-order valence-corrected chi connectivity index (χ1v) is 7.95. The van der Waals surface area contributed by atoms with E-state index in [2.05, 4.69) is 5.32 Å². The third-order valence-electron chi connectivity index (χ3n) is 5.16. The van der Waals surface area contributed by atoms with E-state index in [4.69, 9.17) is 0 Å². The summed E-state index contributed by atoms with van der Waals surface area (Å²) >= 11 is 0. The van der Waals surface area contributed by atoms with Crippen LogP contribution in [0.5, 0.6) is 0 Å². The van der Waals surface area contributed by atoms with E-state index in [-0.39, 0.29) is 23.9 Å². The fraction of sp³-hybridized carbons (Fsp3) is 0.562. The van der Waals surface area contributed by atoms with Crippen LogP contribution in [0.15, 0.2) is 18.2 Å². The molecule has 3 rings (SSSR count). The number of carbonyl (C=O) groups is 1. The highest BCUT2D eigenvalue weighted by atomic mass is 35.5. The third-order valence-corrected chi connectivity index (χ3v) is 5.16. The van der Waals surface area contributed by atoms with E-state index in [9.17, 15) is 19.3 Å². The normalized spacial score (nSPS) is 19.6. The lowest BCUT2D eigenvalue weighted by molar-refractivity contribution is -0.385. The van der Waals surface area contributed by atoms with Crippen molar-refractivity contribution in [3.8, 4) is 0 Å². The SMILES string of the molecule is Cl.O=C(c1ccc(F)cc1[N+](=O)[O-])N1CCC2(CCNCC2)CC1. The van der Waals surface area contributed by atoms with Gasteiger partial charge in [0.2, 0.25) is 0 Å². The Labute approximate surface area is 146 Å². The van der Waals surface area contributed by atoms with Crippen molar-refractivity contribution < 1.29 is 14.1 Å². The highest BCUT2D eigenvalue weighted by Crippen LogP contribution is 2.40. The maximum Gasteiger partial charge on any atom is 0.285 e. The number of nitrogens with zero attached hydrogens (tertiary/aromatic N) is 2. The summed E-state index contributed by atoms with van der Waals surface area (Å²) in [5.74, 6) is -1.08. The lowest BCUT2D eigenvalue weighted by Crippen LogP contribution is -2.47. The molecule has 1 aromatic rings. The molecule has 132 valence electrons. The predicted molar refractivity (Wildman–Crippen MR) is 90.0 cm³/mol. The average Bonchev–Trinajstić information content (AvgIpc) is 2.55. The Morgan fingerprint density at radius 3 is 2.42 bits per heavy atom. The molecular formula is C16H21ClFN3O3. The van der Waals surface area contributed by atoms with Crippen LogP contribution >= 0.6 is 12.4 Å². The van der Waals surface area contributed by atoms with Gasteiger partial charge in [-0.15, -0.1) is 12.4 Å². The number of piperidine rings is 2. The molecule has 24 heavy (non-hydrogen) atoms. The van der Waals surface area contributed by atoms with Crippen molar-refractivity contribution in [3.05, 3.63) is 39.7 Å². The number of amides is 1. The number of nitro groups is 1. The van der Waals surface area contributed by atoms with Gasteiger partial charge in [-0.3, -0.25) is 14.9 Å². The van der Waals surface area contributed by atoms with Gasteiger partial charge >= 0.3 is 0 Å². The van der Waals surface area contributed by atoms with Crippen molar-refractivity contribution in [2.24, 2.45) is 5.41 Å². The van der Waals surface area contributed by atoms with E-state index in [0.29, 0.717) is 18.5 Å². The van der Waals surface area contributed by atoms with E-state index in [0.717, 1.165) is 50.9 Å². The van der Waals surface area contributed by atoms with Crippen LogP contribution in [0, 0.1) is 21.3 Å². The van der Waals surface area contributed by atoms with Gasteiger partial charge < -0.3 is 10.2 Å². The number of hydrogen-bond donors (Lipinski definition) is 1. The number of carbonyl (C=O) groups excluding carboxylic acids is 1. The van der Waals surface area contributed by atoms with E-state index in [1.807, 2.05) is 0 Å². The van der Waals surface area contributed by atoms with Gasteiger partial charge in [-0.25, -0.2) is 4.39 Å². The molecule has 2 heterocycles.